The number of nitrogens with zero attached hydrogens (tertiary/aromatic N) is 2. The molecule has 0 unspecified atom stereocenters. The van der Waals surface area contributed by atoms with Gasteiger partial charge in [-0.3, -0.25) is 0 Å². The van der Waals surface area contributed by atoms with E-state index in [0.717, 1.165) is 16.8 Å². The van der Waals surface area contributed by atoms with Crippen molar-refractivity contribution in [3.8, 4) is 0 Å². The minimum atomic E-state index is 0.319. The number of nitrogens with one attached hydrogen (secondary N) is 1. The van der Waals surface area contributed by atoms with Gasteiger partial charge in [0.25, 0.3) is 0 Å². The Morgan fingerprint density at radius 3 is 2.65 bits per heavy atom. The van der Waals surface area contributed by atoms with E-state index < -0.39 is 0 Å². The molecular weight excluding hydrogens is 278 g/mol. The smallest absolute Gasteiger partial charge is 0.122 e. The molecule has 0 amide bonds. The lowest BCUT2D eigenvalue weighted by atomic mass is 10.1. The number of aryl methyl sites for hydroxylation is 1. The summed E-state index contributed by atoms with van der Waals surface area (Å²) in [6, 6.07) is 8.70. The molecule has 0 radical (unpaired) electrons. The van der Waals surface area contributed by atoms with Crippen molar-refractivity contribution in [2.45, 2.75) is 19.5 Å². The van der Waals surface area contributed by atoms with Gasteiger partial charge in [0.1, 0.15) is 5.82 Å². The standard InChI is InChI=1S/C13H16BrN3/c1-10(11-3-5-12(14)6-4-11)16-9-13-15-7-8-17(13)2/h3-8,10,16H,9H2,1-2H3/t10-/m1/s1. The first-order valence-corrected chi connectivity index (χ1v) is 6.41. The number of imidazole rings is 1. The average molecular weight is 294 g/mol. The third-order valence-electron chi connectivity index (χ3n) is 2.86. The van der Waals surface area contributed by atoms with Gasteiger partial charge in [0, 0.05) is 30.0 Å². The van der Waals surface area contributed by atoms with Gasteiger partial charge in [-0.2, -0.15) is 0 Å². The van der Waals surface area contributed by atoms with Crippen LogP contribution in [0, 0.1) is 0 Å². The maximum atomic E-state index is 4.29. The predicted molar refractivity (Wildman–Crippen MR) is 72.6 cm³/mol. The molecule has 2 aromatic rings. The summed E-state index contributed by atoms with van der Waals surface area (Å²) in [5.74, 6) is 1.05. The maximum Gasteiger partial charge on any atom is 0.122 e. The first-order valence-electron chi connectivity index (χ1n) is 5.62. The van der Waals surface area contributed by atoms with Crippen LogP contribution in [-0.4, -0.2) is 9.55 Å². The van der Waals surface area contributed by atoms with Gasteiger partial charge in [0.15, 0.2) is 0 Å². The number of hydrogen-bond donors (Lipinski definition) is 1. The average Bonchev–Trinajstić information content (AvgIpc) is 2.73. The van der Waals surface area contributed by atoms with Crippen LogP contribution in [-0.2, 0) is 13.6 Å². The molecule has 1 heterocycles. The largest absolute Gasteiger partial charge is 0.337 e. The molecule has 0 aliphatic rings. The molecule has 1 aromatic carbocycles. The van der Waals surface area contributed by atoms with Gasteiger partial charge in [-0.05, 0) is 24.6 Å². The normalized spacial score (nSPS) is 12.6. The molecule has 0 aliphatic heterocycles. The number of hydrogen-bond acceptors (Lipinski definition) is 2. The highest BCUT2D eigenvalue weighted by atomic mass is 79.9. The summed E-state index contributed by atoms with van der Waals surface area (Å²) in [7, 11) is 2.01. The Kier molecular flexibility index (Phi) is 3.97. The zero-order chi connectivity index (χ0) is 12.3. The molecule has 1 aromatic heterocycles. The highest BCUT2D eigenvalue weighted by molar-refractivity contribution is 9.10. The number of halogens is 1. The molecule has 0 fully saturated rings. The Morgan fingerprint density at radius 2 is 2.06 bits per heavy atom. The van der Waals surface area contributed by atoms with Crippen LogP contribution in [0.1, 0.15) is 24.4 Å². The third-order valence-corrected chi connectivity index (χ3v) is 3.39. The van der Waals surface area contributed by atoms with Crippen molar-refractivity contribution >= 4 is 15.9 Å². The molecule has 3 nitrogen and oxygen atoms in total. The fraction of sp³-hybridized carbons (Fsp3) is 0.308. The van der Waals surface area contributed by atoms with Crippen molar-refractivity contribution in [2.75, 3.05) is 0 Å². The second-order valence-electron chi connectivity index (χ2n) is 4.11. The molecule has 0 bridgehead atoms. The van der Waals surface area contributed by atoms with Gasteiger partial charge in [-0.25, -0.2) is 4.98 Å². The molecule has 2 rings (SSSR count). The molecule has 0 saturated carbocycles. The second-order valence-corrected chi connectivity index (χ2v) is 5.02. The van der Waals surface area contributed by atoms with E-state index in [9.17, 15) is 0 Å². The highest BCUT2D eigenvalue weighted by Gasteiger charge is 2.06. The fourth-order valence-corrected chi connectivity index (χ4v) is 1.94. The summed E-state index contributed by atoms with van der Waals surface area (Å²) in [5, 5.41) is 3.46. The Morgan fingerprint density at radius 1 is 1.35 bits per heavy atom. The van der Waals surface area contributed by atoms with Crippen molar-refractivity contribution in [3.63, 3.8) is 0 Å². The number of rotatable bonds is 4. The van der Waals surface area contributed by atoms with E-state index in [4.69, 9.17) is 0 Å². The van der Waals surface area contributed by atoms with Crippen molar-refractivity contribution in [1.82, 2.24) is 14.9 Å². The molecule has 1 atom stereocenters. The first-order chi connectivity index (χ1) is 8.16. The Balaban J connectivity index is 1.95. The zero-order valence-electron chi connectivity index (χ0n) is 10.0. The van der Waals surface area contributed by atoms with Crippen LogP contribution in [0.25, 0.3) is 0 Å². The SMILES string of the molecule is C[C@@H](NCc1nccn1C)c1ccc(Br)cc1. The summed E-state index contributed by atoms with van der Waals surface area (Å²) in [6.07, 6.45) is 3.78. The Labute approximate surface area is 110 Å². The van der Waals surface area contributed by atoms with Gasteiger partial charge in [-0.1, -0.05) is 28.1 Å². The van der Waals surface area contributed by atoms with Crippen molar-refractivity contribution in [3.05, 3.63) is 52.5 Å². The van der Waals surface area contributed by atoms with Gasteiger partial charge in [-0.15, -0.1) is 0 Å². The maximum absolute atomic E-state index is 4.29. The number of benzene rings is 1. The van der Waals surface area contributed by atoms with E-state index in [1.54, 1.807) is 0 Å². The molecule has 90 valence electrons. The molecule has 0 saturated heterocycles. The summed E-state index contributed by atoms with van der Waals surface area (Å²) < 4.78 is 3.14. The lowest BCUT2D eigenvalue weighted by Crippen LogP contribution is -2.20. The van der Waals surface area contributed by atoms with Crippen LogP contribution >= 0.6 is 15.9 Å². The van der Waals surface area contributed by atoms with Crippen molar-refractivity contribution < 1.29 is 0 Å². The molecular formula is C13H16BrN3. The molecule has 0 aliphatic carbocycles. The van der Waals surface area contributed by atoms with E-state index in [1.807, 2.05) is 24.0 Å². The van der Waals surface area contributed by atoms with Crippen LogP contribution in [0.15, 0.2) is 41.1 Å². The first kappa shape index (κ1) is 12.3. The van der Waals surface area contributed by atoms with Gasteiger partial charge in [0.05, 0.1) is 6.54 Å². The van der Waals surface area contributed by atoms with Crippen LogP contribution in [0.4, 0.5) is 0 Å². The molecule has 4 heteroatoms. The fourth-order valence-electron chi connectivity index (χ4n) is 1.68. The van der Waals surface area contributed by atoms with E-state index in [2.05, 4.69) is 57.4 Å². The van der Waals surface area contributed by atoms with Crippen LogP contribution < -0.4 is 5.32 Å². The van der Waals surface area contributed by atoms with Crippen molar-refractivity contribution in [1.29, 1.82) is 0 Å². The third kappa shape index (κ3) is 3.17. The Hall–Kier alpha value is -1.13. The van der Waals surface area contributed by atoms with Crippen LogP contribution in [0.2, 0.25) is 0 Å². The molecule has 17 heavy (non-hydrogen) atoms. The highest BCUT2D eigenvalue weighted by Crippen LogP contribution is 2.16. The monoisotopic (exact) mass is 293 g/mol. The minimum absolute atomic E-state index is 0.319. The van der Waals surface area contributed by atoms with E-state index >= 15 is 0 Å². The molecule has 1 N–H and O–H groups in total. The van der Waals surface area contributed by atoms with Gasteiger partial charge in [0.2, 0.25) is 0 Å². The minimum Gasteiger partial charge on any atom is -0.337 e. The topological polar surface area (TPSA) is 29.9 Å². The van der Waals surface area contributed by atoms with E-state index in [0.29, 0.717) is 6.04 Å². The lowest BCUT2D eigenvalue weighted by molar-refractivity contribution is 0.549. The second kappa shape index (κ2) is 5.47. The van der Waals surface area contributed by atoms with Crippen LogP contribution in [0.3, 0.4) is 0 Å². The summed E-state index contributed by atoms with van der Waals surface area (Å²) in [6.45, 7) is 2.94. The Bertz CT molecular complexity index is 476. The van der Waals surface area contributed by atoms with E-state index in [1.165, 1.54) is 5.56 Å². The number of aromatic nitrogens is 2. The molecule has 0 spiro atoms. The summed E-state index contributed by atoms with van der Waals surface area (Å²) in [4.78, 5) is 4.29. The summed E-state index contributed by atoms with van der Waals surface area (Å²) in [5.41, 5.74) is 1.28. The summed E-state index contributed by atoms with van der Waals surface area (Å²) >= 11 is 3.44. The zero-order valence-corrected chi connectivity index (χ0v) is 11.6. The lowest BCUT2D eigenvalue weighted by Gasteiger charge is -2.14. The van der Waals surface area contributed by atoms with Gasteiger partial charge < -0.3 is 9.88 Å². The van der Waals surface area contributed by atoms with E-state index in [-0.39, 0.29) is 0 Å². The van der Waals surface area contributed by atoms with Crippen molar-refractivity contribution in [2.24, 2.45) is 7.05 Å². The van der Waals surface area contributed by atoms with Gasteiger partial charge >= 0.3 is 0 Å². The quantitative estimate of drug-likeness (QED) is 0.939. The van der Waals surface area contributed by atoms with Crippen LogP contribution in [0.5, 0.6) is 0 Å². The predicted octanol–water partition coefficient (Wildman–Crippen LogP) is 3.03.